The molecule has 0 aromatic carbocycles. The number of hydrogen-bond donors (Lipinski definition) is 1. The highest BCUT2D eigenvalue weighted by molar-refractivity contribution is 5.75. The Kier molecular flexibility index (Phi) is 6.52. The summed E-state index contributed by atoms with van der Waals surface area (Å²) in [5.41, 5.74) is 0. The Labute approximate surface area is 105 Å². The molecule has 1 heterocycles. The van der Waals surface area contributed by atoms with Gasteiger partial charge in [-0.1, -0.05) is 13.3 Å². The third-order valence-electron chi connectivity index (χ3n) is 3.47. The maximum absolute atomic E-state index is 11.6. The van der Waals surface area contributed by atoms with E-state index in [1.54, 1.807) is 0 Å². The van der Waals surface area contributed by atoms with Crippen LogP contribution in [0.15, 0.2) is 0 Å². The van der Waals surface area contributed by atoms with Crippen LogP contribution in [-0.4, -0.2) is 49.7 Å². The Hall–Kier alpha value is -0.610. The summed E-state index contributed by atoms with van der Waals surface area (Å²) in [6.07, 6.45) is 4.85. The summed E-state index contributed by atoms with van der Waals surface area (Å²) in [4.78, 5) is 13.8. The first kappa shape index (κ1) is 14.5. The molecule has 0 radical (unpaired) electrons. The number of rotatable bonds is 6. The molecular weight excluding hydrogens is 216 g/mol. The van der Waals surface area contributed by atoms with E-state index in [-0.39, 0.29) is 12.0 Å². The zero-order valence-electron chi connectivity index (χ0n) is 11.4. The number of esters is 1. The number of carbonyl (C=O) groups excluding carboxylic acids is 1. The summed E-state index contributed by atoms with van der Waals surface area (Å²) in [5, 5.41) is 3.53. The van der Waals surface area contributed by atoms with Crippen molar-refractivity contribution in [3.8, 4) is 0 Å². The van der Waals surface area contributed by atoms with Crippen molar-refractivity contribution in [3.05, 3.63) is 0 Å². The Morgan fingerprint density at radius 3 is 2.82 bits per heavy atom. The second-order valence-electron chi connectivity index (χ2n) is 4.84. The van der Waals surface area contributed by atoms with Crippen LogP contribution in [-0.2, 0) is 9.53 Å². The van der Waals surface area contributed by atoms with E-state index in [0.717, 1.165) is 26.1 Å². The van der Waals surface area contributed by atoms with Crippen molar-refractivity contribution in [2.75, 3.05) is 26.7 Å². The lowest BCUT2D eigenvalue weighted by Gasteiger charge is -2.33. The highest BCUT2D eigenvalue weighted by Crippen LogP contribution is 2.11. The number of piperidine rings is 1. The maximum Gasteiger partial charge on any atom is 0.322 e. The first-order valence-corrected chi connectivity index (χ1v) is 6.74. The van der Waals surface area contributed by atoms with Crippen LogP contribution >= 0.6 is 0 Å². The summed E-state index contributed by atoms with van der Waals surface area (Å²) < 4.78 is 4.83. The van der Waals surface area contributed by atoms with Crippen molar-refractivity contribution in [3.63, 3.8) is 0 Å². The van der Waals surface area contributed by atoms with E-state index in [4.69, 9.17) is 4.74 Å². The summed E-state index contributed by atoms with van der Waals surface area (Å²) in [6.45, 7) is 7.09. The Balaban J connectivity index is 2.48. The molecule has 100 valence electrons. The second kappa shape index (κ2) is 7.67. The lowest BCUT2D eigenvalue weighted by Crippen LogP contribution is -2.49. The van der Waals surface area contributed by atoms with Crippen LogP contribution in [0.5, 0.6) is 0 Å². The molecule has 4 heteroatoms. The zero-order valence-corrected chi connectivity index (χ0v) is 11.4. The molecular formula is C13H26N2O2. The number of methoxy groups -OCH3 is 1. The molecule has 0 spiro atoms. The van der Waals surface area contributed by atoms with Crippen molar-refractivity contribution in [1.29, 1.82) is 0 Å². The van der Waals surface area contributed by atoms with Crippen molar-refractivity contribution < 1.29 is 9.53 Å². The van der Waals surface area contributed by atoms with Gasteiger partial charge in [-0.15, -0.1) is 0 Å². The van der Waals surface area contributed by atoms with E-state index in [9.17, 15) is 4.79 Å². The van der Waals surface area contributed by atoms with Gasteiger partial charge in [0.25, 0.3) is 0 Å². The molecule has 2 unspecified atom stereocenters. The summed E-state index contributed by atoms with van der Waals surface area (Å²) in [5.74, 6) is -0.130. The van der Waals surface area contributed by atoms with Crippen LogP contribution in [0.2, 0.25) is 0 Å². The number of carbonyl (C=O) groups is 1. The molecule has 0 bridgehead atoms. The largest absolute Gasteiger partial charge is 0.468 e. The first-order valence-electron chi connectivity index (χ1n) is 6.74. The molecule has 0 aliphatic carbocycles. The van der Waals surface area contributed by atoms with Gasteiger partial charge in [-0.25, -0.2) is 0 Å². The van der Waals surface area contributed by atoms with E-state index in [0.29, 0.717) is 6.04 Å². The van der Waals surface area contributed by atoms with E-state index < -0.39 is 0 Å². The van der Waals surface area contributed by atoms with Crippen molar-refractivity contribution >= 4 is 5.97 Å². The number of nitrogens with zero attached hydrogens (tertiary/aromatic N) is 1. The van der Waals surface area contributed by atoms with E-state index in [2.05, 4.69) is 17.1 Å². The van der Waals surface area contributed by atoms with Crippen LogP contribution in [0.1, 0.15) is 39.5 Å². The van der Waals surface area contributed by atoms with Crippen LogP contribution in [0, 0.1) is 0 Å². The standard InChI is InChI=1S/C13H26N2O2/c1-4-9-15(11(2)13(16)17-3)10-12-7-5-6-8-14-12/h11-12,14H,4-10H2,1-3H3. The molecule has 0 saturated carbocycles. The summed E-state index contributed by atoms with van der Waals surface area (Å²) >= 11 is 0. The van der Waals surface area contributed by atoms with Crippen molar-refractivity contribution in [1.82, 2.24) is 10.2 Å². The Bertz CT molecular complexity index is 227. The van der Waals surface area contributed by atoms with Gasteiger partial charge in [0, 0.05) is 12.6 Å². The van der Waals surface area contributed by atoms with Gasteiger partial charge in [-0.05, 0) is 39.3 Å². The van der Waals surface area contributed by atoms with E-state index in [1.807, 2.05) is 6.92 Å². The monoisotopic (exact) mass is 242 g/mol. The molecule has 0 amide bonds. The molecule has 1 aliphatic rings. The molecule has 1 aliphatic heterocycles. The first-order chi connectivity index (χ1) is 8.19. The molecule has 2 atom stereocenters. The van der Waals surface area contributed by atoms with Gasteiger partial charge in [0.2, 0.25) is 0 Å². The smallest absolute Gasteiger partial charge is 0.322 e. The van der Waals surface area contributed by atoms with Gasteiger partial charge in [-0.3, -0.25) is 9.69 Å². The Morgan fingerprint density at radius 2 is 2.29 bits per heavy atom. The predicted molar refractivity (Wildman–Crippen MR) is 69.0 cm³/mol. The molecule has 1 fully saturated rings. The quantitative estimate of drug-likeness (QED) is 0.715. The van der Waals surface area contributed by atoms with Gasteiger partial charge in [-0.2, -0.15) is 0 Å². The van der Waals surface area contributed by atoms with Crippen LogP contribution in [0.25, 0.3) is 0 Å². The van der Waals surface area contributed by atoms with Gasteiger partial charge < -0.3 is 10.1 Å². The SMILES string of the molecule is CCCN(CC1CCCCN1)C(C)C(=O)OC. The van der Waals surface area contributed by atoms with Crippen LogP contribution < -0.4 is 5.32 Å². The fourth-order valence-corrected chi connectivity index (χ4v) is 2.41. The van der Waals surface area contributed by atoms with Gasteiger partial charge in [0.15, 0.2) is 0 Å². The fourth-order valence-electron chi connectivity index (χ4n) is 2.41. The van der Waals surface area contributed by atoms with Crippen LogP contribution in [0.3, 0.4) is 0 Å². The van der Waals surface area contributed by atoms with Gasteiger partial charge in [0.05, 0.1) is 7.11 Å². The third-order valence-corrected chi connectivity index (χ3v) is 3.47. The normalized spacial score (nSPS) is 22.5. The molecule has 1 rings (SSSR count). The van der Waals surface area contributed by atoms with Crippen LogP contribution in [0.4, 0.5) is 0 Å². The minimum atomic E-state index is -0.135. The summed E-state index contributed by atoms with van der Waals surface area (Å²) in [7, 11) is 1.46. The minimum Gasteiger partial charge on any atom is -0.468 e. The molecule has 1 saturated heterocycles. The molecule has 1 N–H and O–H groups in total. The molecule has 0 aromatic heterocycles. The topological polar surface area (TPSA) is 41.6 Å². The maximum atomic E-state index is 11.6. The van der Waals surface area contributed by atoms with E-state index in [1.165, 1.54) is 26.4 Å². The zero-order chi connectivity index (χ0) is 12.7. The molecule has 0 aromatic rings. The number of hydrogen-bond acceptors (Lipinski definition) is 4. The highest BCUT2D eigenvalue weighted by atomic mass is 16.5. The van der Waals surface area contributed by atoms with Crippen molar-refractivity contribution in [2.24, 2.45) is 0 Å². The highest BCUT2D eigenvalue weighted by Gasteiger charge is 2.24. The van der Waals surface area contributed by atoms with Crippen molar-refractivity contribution in [2.45, 2.75) is 51.6 Å². The predicted octanol–water partition coefficient (Wildman–Crippen LogP) is 1.40. The van der Waals surface area contributed by atoms with Gasteiger partial charge in [0.1, 0.15) is 6.04 Å². The Morgan fingerprint density at radius 1 is 1.53 bits per heavy atom. The number of nitrogens with one attached hydrogen (secondary N) is 1. The lowest BCUT2D eigenvalue weighted by atomic mass is 10.0. The van der Waals surface area contributed by atoms with Gasteiger partial charge >= 0.3 is 5.97 Å². The van der Waals surface area contributed by atoms with E-state index >= 15 is 0 Å². The molecule has 17 heavy (non-hydrogen) atoms. The average molecular weight is 242 g/mol. The average Bonchev–Trinajstić information content (AvgIpc) is 2.37. The minimum absolute atomic E-state index is 0.130. The lowest BCUT2D eigenvalue weighted by molar-refractivity contribution is -0.146. The molecule has 4 nitrogen and oxygen atoms in total. The fraction of sp³-hybridized carbons (Fsp3) is 0.923. The summed E-state index contributed by atoms with van der Waals surface area (Å²) in [6, 6.07) is 0.395. The third kappa shape index (κ3) is 4.64. The second-order valence-corrected chi connectivity index (χ2v) is 4.84. The number of ether oxygens (including phenoxy) is 1.